The molecule has 0 aliphatic rings. The Balaban J connectivity index is 1.80. The quantitative estimate of drug-likeness (QED) is 0.471. The number of carbonyl (C=O) groups is 1. The topological polar surface area (TPSA) is 137 Å². The number of aromatic nitrogens is 5. The molecule has 0 saturated heterocycles. The van der Waals surface area contributed by atoms with Crippen molar-refractivity contribution >= 4 is 41.1 Å². The second kappa shape index (κ2) is 8.14. The number of nitrogens with one attached hydrogen (secondary N) is 1. The third-order valence-corrected chi connectivity index (χ3v) is 4.22. The lowest BCUT2D eigenvalue weighted by atomic mass is 10.2. The molecule has 12 heteroatoms. The van der Waals surface area contributed by atoms with Gasteiger partial charge in [-0.15, -0.1) is 5.10 Å². The molecule has 0 aliphatic heterocycles. The van der Waals surface area contributed by atoms with Crippen LogP contribution in [0.5, 0.6) is 0 Å². The number of hydrogen-bond acceptors (Lipinski definition) is 8. The summed E-state index contributed by atoms with van der Waals surface area (Å²) in [7, 11) is 0. The average molecular weight is 409 g/mol. The Hall–Kier alpha value is -2.98. The molecule has 2 aromatic heterocycles. The molecular weight excluding hydrogens is 395 g/mol. The van der Waals surface area contributed by atoms with Crippen molar-refractivity contribution in [2.75, 3.05) is 5.73 Å². The number of nitrogens with zero attached hydrogens (tertiary/aromatic N) is 6. The Bertz CT molecular complexity index is 998. The highest BCUT2D eigenvalue weighted by atomic mass is 35.5. The van der Waals surface area contributed by atoms with Crippen LogP contribution in [0.2, 0.25) is 10.0 Å². The average Bonchev–Trinajstić information content (AvgIpc) is 3.24. The van der Waals surface area contributed by atoms with E-state index in [1.54, 1.807) is 18.2 Å². The van der Waals surface area contributed by atoms with Crippen LogP contribution in [0.15, 0.2) is 27.9 Å². The SMILES string of the molecule is CCCc1c(C(=O)N/N=C/c2ccc(Cl)c(Cl)c2)nnn1-c1nonc1N. The van der Waals surface area contributed by atoms with Gasteiger partial charge in [0.25, 0.3) is 5.91 Å². The van der Waals surface area contributed by atoms with Crippen molar-refractivity contribution in [3.8, 4) is 5.82 Å². The summed E-state index contributed by atoms with van der Waals surface area (Å²) in [5, 5.41) is 19.7. The number of rotatable bonds is 6. The van der Waals surface area contributed by atoms with Gasteiger partial charge in [0.2, 0.25) is 11.6 Å². The molecule has 0 atom stereocenters. The maximum Gasteiger partial charge on any atom is 0.293 e. The van der Waals surface area contributed by atoms with Crippen LogP contribution in [0.3, 0.4) is 0 Å². The molecule has 3 N–H and O–H groups in total. The van der Waals surface area contributed by atoms with E-state index in [2.05, 4.69) is 35.8 Å². The van der Waals surface area contributed by atoms with Crippen LogP contribution in [-0.4, -0.2) is 37.4 Å². The van der Waals surface area contributed by atoms with Crippen LogP contribution in [0.1, 0.15) is 35.1 Å². The molecule has 3 aromatic rings. The van der Waals surface area contributed by atoms with Gasteiger partial charge in [0.05, 0.1) is 22.0 Å². The Morgan fingerprint density at radius 1 is 1.37 bits per heavy atom. The van der Waals surface area contributed by atoms with Crippen LogP contribution in [0, 0.1) is 0 Å². The zero-order valence-electron chi connectivity index (χ0n) is 14.1. The fourth-order valence-corrected chi connectivity index (χ4v) is 2.56. The maximum absolute atomic E-state index is 12.4. The van der Waals surface area contributed by atoms with Gasteiger partial charge in [-0.2, -0.15) is 9.78 Å². The van der Waals surface area contributed by atoms with Crippen molar-refractivity contribution in [2.45, 2.75) is 19.8 Å². The Morgan fingerprint density at radius 2 is 2.19 bits per heavy atom. The second-order valence-electron chi connectivity index (χ2n) is 5.39. The van der Waals surface area contributed by atoms with Crippen LogP contribution < -0.4 is 11.2 Å². The molecule has 27 heavy (non-hydrogen) atoms. The monoisotopic (exact) mass is 408 g/mol. The molecule has 2 heterocycles. The second-order valence-corrected chi connectivity index (χ2v) is 6.21. The van der Waals surface area contributed by atoms with Crippen LogP contribution in [0.25, 0.3) is 5.82 Å². The zero-order chi connectivity index (χ0) is 19.4. The number of nitrogens with two attached hydrogens (primary N) is 1. The van der Waals surface area contributed by atoms with E-state index in [0.717, 1.165) is 6.42 Å². The first-order chi connectivity index (χ1) is 13.0. The normalized spacial score (nSPS) is 11.2. The predicted molar refractivity (Wildman–Crippen MR) is 99.1 cm³/mol. The lowest BCUT2D eigenvalue weighted by Crippen LogP contribution is -2.20. The summed E-state index contributed by atoms with van der Waals surface area (Å²) in [5.74, 6) is -0.317. The fourth-order valence-electron chi connectivity index (χ4n) is 2.26. The van der Waals surface area contributed by atoms with Crippen molar-refractivity contribution < 1.29 is 9.42 Å². The maximum atomic E-state index is 12.4. The number of hydrogen-bond donors (Lipinski definition) is 2. The number of amides is 1. The molecule has 0 radical (unpaired) electrons. The lowest BCUT2D eigenvalue weighted by molar-refractivity contribution is 0.0949. The highest BCUT2D eigenvalue weighted by Gasteiger charge is 2.23. The largest absolute Gasteiger partial charge is 0.378 e. The predicted octanol–water partition coefficient (Wildman–Crippen LogP) is 2.26. The lowest BCUT2D eigenvalue weighted by Gasteiger charge is -2.03. The summed E-state index contributed by atoms with van der Waals surface area (Å²) in [6.45, 7) is 1.95. The summed E-state index contributed by atoms with van der Waals surface area (Å²) in [6.07, 6.45) is 2.69. The van der Waals surface area contributed by atoms with Gasteiger partial charge in [0.1, 0.15) is 0 Å². The molecule has 140 valence electrons. The minimum atomic E-state index is -0.531. The van der Waals surface area contributed by atoms with Gasteiger partial charge in [-0.1, -0.05) is 47.8 Å². The van der Waals surface area contributed by atoms with Crippen LogP contribution in [0.4, 0.5) is 5.82 Å². The summed E-state index contributed by atoms with van der Waals surface area (Å²) in [5.41, 5.74) is 9.38. The van der Waals surface area contributed by atoms with Gasteiger partial charge >= 0.3 is 0 Å². The van der Waals surface area contributed by atoms with Gasteiger partial charge < -0.3 is 5.73 Å². The van der Waals surface area contributed by atoms with E-state index >= 15 is 0 Å². The summed E-state index contributed by atoms with van der Waals surface area (Å²) >= 11 is 11.8. The first-order valence-electron chi connectivity index (χ1n) is 7.82. The Labute approximate surface area is 163 Å². The van der Waals surface area contributed by atoms with Crippen molar-refractivity contribution in [3.05, 3.63) is 45.2 Å². The van der Waals surface area contributed by atoms with Gasteiger partial charge in [-0.25, -0.2) is 10.1 Å². The zero-order valence-corrected chi connectivity index (χ0v) is 15.6. The molecule has 10 nitrogen and oxygen atoms in total. The first-order valence-corrected chi connectivity index (χ1v) is 8.58. The molecule has 0 spiro atoms. The number of anilines is 1. The third-order valence-electron chi connectivity index (χ3n) is 3.48. The highest BCUT2D eigenvalue weighted by molar-refractivity contribution is 6.42. The number of carbonyl (C=O) groups excluding carboxylic acids is 1. The summed E-state index contributed by atoms with van der Waals surface area (Å²) < 4.78 is 5.90. The van der Waals surface area contributed by atoms with Gasteiger partial charge in [0.15, 0.2) is 5.69 Å². The van der Waals surface area contributed by atoms with Gasteiger partial charge in [-0.05, 0) is 34.4 Å². The fraction of sp³-hybridized carbons (Fsp3) is 0.200. The number of nitrogen functional groups attached to an aromatic ring is 1. The van der Waals surface area contributed by atoms with Gasteiger partial charge in [-0.3, -0.25) is 4.79 Å². The molecule has 3 rings (SSSR count). The van der Waals surface area contributed by atoms with E-state index in [0.29, 0.717) is 27.7 Å². The van der Waals surface area contributed by atoms with Gasteiger partial charge in [0, 0.05) is 0 Å². The standard InChI is InChI=1S/C15H14Cl2N8O2/c1-2-3-11-12(20-24-25(11)14-13(18)22-27-23-14)15(26)21-19-7-8-4-5-9(16)10(17)6-8/h4-7H,2-3H2,1H3,(H2,18,22)(H,21,26)/b19-7+. The molecule has 0 unspecified atom stereocenters. The molecule has 1 amide bonds. The van der Waals surface area contributed by atoms with Crippen LogP contribution >= 0.6 is 23.2 Å². The third kappa shape index (κ3) is 4.07. The van der Waals surface area contributed by atoms with E-state index in [4.69, 9.17) is 28.9 Å². The van der Waals surface area contributed by atoms with Crippen molar-refractivity contribution in [1.82, 2.24) is 30.7 Å². The van der Waals surface area contributed by atoms with E-state index in [9.17, 15) is 4.79 Å². The molecule has 0 bridgehead atoms. The van der Waals surface area contributed by atoms with E-state index in [-0.39, 0.29) is 17.3 Å². The van der Waals surface area contributed by atoms with Crippen molar-refractivity contribution in [1.29, 1.82) is 0 Å². The van der Waals surface area contributed by atoms with E-state index in [1.807, 2.05) is 6.92 Å². The van der Waals surface area contributed by atoms with Crippen molar-refractivity contribution in [3.63, 3.8) is 0 Å². The molecule has 0 saturated carbocycles. The molecule has 0 aliphatic carbocycles. The van der Waals surface area contributed by atoms with E-state index < -0.39 is 5.91 Å². The Morgan fingerprint density at radius 3 is 2.85 bits per heavy atom. The number of halogens is 2. The Kier molecular flexibility index (Phi) is 5.67. The molecule has 0 fully saturated rings. The highest BCUT2D eigenvalue weighted by Crippen LogP contribution is 2.21. The van der Waals surface area contributed by atoms with E-state index in [1.165, 1.54) is 10.9 Å². The van der Waals surface area contributed by atoms with Crippen molar-refractivity contribution in [2.24, 2.45) is 5.10 Å². The molecular formula is C15H14Cl2N8O2. The first kappa shape index (κ1) is 18.8. The minimum absolute atomic E-state index is 0.0434. The number of hydrazone groups is 1. The number of benzene rings is 1. The molecule has 1 aromatic carbocycles. The summed E-state index contributed by atoms with van der Waals surface area (Å²) in [4.78, 5) is 12.4. The smallest absolute Gasteiger partial charge is 0.293 e. The van der Waals surface area contributed by atoms with Crippen LogP contribution in [-0.2, 0) is 6.42 Å². The summed E-state index contributed by atoms with van der Waals surface area (Å²) in [6, 6.07) is 4.97. The minimum Gasteiger partial charge on any atom is -0.378 e.